The molecule has 1 aliphatic heterocycles. The number of hydrogen-bond donors (Lipinski definition) is 2. The molecule has 1 amide bonds. The summed E-state index contributed by atoms with van der Waals surface area (Å²) in [5.41, 5.74) is 2.95. The summed E-state index contributed by atoms with van der Waals surface area (Å²) in [5.74, 6) is 0.245. The van der Waals surface area contributed by atoms with Crippen molar-refractivity contribution < 1.29 is 9.90 Å². The van der Waals surface area contributed by atoms with Crippen LogP contribution in [-0.2, 0) is 17.8 Å². The van der Waals surface area contributed by atoms with E-state index in [-0.39, 0.29) is 11.7 Å². The van der Waals surface area contributed by atoms with E-state index in [0.717, 1.165) is 29.9 Å². The van der Waals surface area contributed by atoms with Crippen molar-refractivity contribution in [3.8, 4) is 5.75 Å². The second kappa shape index (κ2) is 5.97. The molecule has 108 valence electrons. The number of phenols is 1. The molecule has 0 saturated carbocycles. The van der Waals surface area contributed by atoms with Crippen LogP contribution < -0.4 is 10.2 Å². The first-order valence-electron chi connectivity index (χ1n) is 7.11. The van der Waals surface area contributed by atoms with Crippen LogP contribution in [0.25, 0.3) is 0 Å². The van der Waals surface area contributed by atoms with Crippen LogP contribution >= 0.6 is 0 Å². The lowest BCUT2D eigenvalue weighted by Gasteiger charge is -2.22. The van der Waals surface area contributed by atoms with E-state index in [4.69, 9.17) is 0 Å². The maximum atomic E-state index is 12.6. The number of aromatic hydroxyl groups is 1. The van der Waals surface area contributed by atoms with E-state index in [9.17, 15) is 9.90 Å². The van der Waals surface area contributed by atoms with Gasteiger partial charge in [-0.05, 0) is 29.3 Å². The van der Waals surface area contributed by atoms with E-state index in [1.165, 1.54) is 0 Å². The van der Waals surface area contributed by atoms with Gasteiger partial charge in [0.1, 0.15) is 5.75 Å². The first-order valence-corrected chi connectivity index (χ1v) is 7.11. The molecule has 2 N–H and O–H groups in total. The van der Waals surface area contributed by atoms with E-state index < -0.39 is 0 Å². The summed E-state index contributed by atoms with van der Waals surface area (Å²) in [6, 6.07) is 14.8. The molecule has 21 heavy (non-hydrogen) atoms. The van der Waals surface area contributed by atoms with Crippen molar-refractivity contribution in [3.05, 3.63) is 59.7 Å². The smallest absolute Gasteiger partial charge is 0.231 e. The number of rotatable bonds is 2. The number of carbonyl (C=O) groups excluding carboxylic acids is 1. The van der Waals surface area contributed by atoms with Crippen molar-refractivity contribution in [2.45, 2.75) is 13.0 Å². The highest BCUT2D eigenvalue weighted by Crippen LogP contribution is 2.23. The number of para-hydroxylation sites is 1. The van der Waals surface area contributed by atoms with Crippen molar-refractivity contribution in [1.82, 2.24) is 5.32 Å². The fraction of sp³-hybridized carbons (Fsp3) is 0.235. The third kappa shape index (κ3) is 3.06. The van der Waals surface area contributed by atoms with Crippen LogP contribution in [0.3, 0.4) is 0 Å². The highest BCUT2D eigenvalue weighted by atomic mass is 16.3. The molecule has 0 saturated heterocycles. The van der Waals surface area contributed by atoms with E-state index in [1.54, 1.807) is 18.2 Å². The monoisotopic (exact) mass is 282 g/mol. The molecule has 0 fully saturated rings. The van der Waals surface area contributed by atoms with Crippen LogP contribution in [0.4, 0.5) is 5.69 Å². The van der Waals surface area contributed by atoms with E-state index >= 15 is 0 Å². The average Bonchev–Trinajstić information content (AvgIpc) is 2.69. The third-order valence-electron chi connectivity index (χ3n) is 3.68. The molecule has 0 bridgehead atoms. The van der Waals surface area contributed by atoms with Gasteiger partial charge in [-0.1, -0.05) is 30.3 Å². The minimum absolute atomic E-state index is 0.0525. The minimum Gasteiger partial charge on any atom is -0.508 e. The van der Waals surface area contributed by atoms with Gasteiger partial charge in [0, 0.05) is 25.3 Å². The summed E-state index contributed by atoms with van der Waals surface area (Å²) in [6.45, 7) is 2.22. The number of benzene rings is 2. The zero-order valence-electron chi connectivity index (χ0n) is 11.7. The van der Waals surface area contributed by atoms with Gasteiger partial charge >= 0.3 is 0 Å². The van der Waals surface area contributed by atoms with Crippen LogP contribution in [-0.4, -0.2) is 24.1 Å². The normalized spacial score (nSPS) is 14.4. The average molecular weight is 282 g/mol. The predicted octanol–water partition coefficient (Wildman–Crippen LogP) is 2.07. The maximum Gasteiger partial charge on any atom is 0.231 e. The standard InChI is InChI=1S/C17H18N2O2/c20-15-6-3-4-13(10-15)11-17(21)19-9-8-18-12-14-5-1-2-7-16(14)19/h1-7,10,18,20H,8-9,11-12H2. The minimum atomic E-state index is 0.0525. The van der Waals surface area contributed by atoms with E-state index in [0.29, 0.717) is 13.0 Å². The fourth-order valence-electron chi connectivity index (χ4n) is 2.65. The van der Waals surface area contributed by atoms with Gasteiger partial charge in [-0.2, -0.15) is 0 Å². The van der Waals surface area contributed by atoms with Gasteiger partial charge in [-0.25, -0.2) is 0 Å². The Labute approximate surface area is 124 Å². The molecule has 4 nitrogen and oxygen atoms in total. The summed E-state index contributed by atoms with van der Waals surface area (Å²) in [4.78, 5) is 14.4. The molecule has 3 rings (SSSR count). The lowest BCUT2D eigenvalue weighted by atomic mass is 10.1. The summed E-state index contributed by atoms with van der Waals surface area (Å²) >= 11 is 0. The molecule has 1 heterocycles. The number of nitrogens with zero attached hydrogens (tertiary/aromatic N) is 1. The van der Waals surface area contributed by atoms with E-state index in [1.807, 2.05) is 35.2 Å². The molecule has 1 aliphatic rings. The van der Waals surface area contributed by atoms with Crippen LogP contribution in [0, 0.1) is 0 Å². The second-order valence-electron chi connectivity index (χ2n) is 5.20. The fourth-order valence-corrected chi connectivity index (χ4v) is 2.65. The third-order valence-corrected chi connectivity index (χ3v) is 3.68. The Morgan fingerprint density at radius 2 is 2.05 bits per heavy atom. The van der Waals surface area contributed by atoms with Crippen LogP contribution in [0.15, 0.2) is 48.5 Å². The molecule has 4 heteroatoms. The summed E-state index contributed by atoms with van der Waals surface area (Å²) in [5, 5.41) is 12.8. The van der Waals surface area contributed by atoms with Crippen molar-refractivity contribution >= 4 is 11.6 Å². The summed E-state index contributed by atoms with van der Waals surface area (Å²) < 4.78 is 0. The first-order chi connectivity index (χ1) is 10.2. The number of fused-ring (bicyclic) bond motifs is 1. The Balaban J connectivity index is 1.84. The molecular formula is C17H18N2O2. The Kier molecular flexibility index (Phi) is 3.88. The predicted molar refractivity (Wildman–Crippen MR) is 82.3 cm³/mol. The van der Waals surface area contributed by atoms with Gasteiger partial charge in [0.25, 0.3) is 0 Å². The first kappa shape index (κ1) is 13.6. The molecule has 0 aliphatic carbocycles. The van der Waals surface area contributed by atoms with Gasteiger partial charge in [0.05, 0.1) is 6.42 Å². The molecule has 0 spiro atoms. The van der Waals surface area contributed by atoms with Gasteiger partial charge in [0.15, 0.2) is 0 Å². The van der Waals surface area contributed by atoms with Crippen LogP contribution in [0.2, 0.25) is 0 Å². The lowest BCUT2D eigenvalue weighted by Crippen LogP contribution is -2.35. The Hall–Kier alpha value is -2.33. The Morgan fingerprint density at radius 1 is 1.19 bits per heavy atom. The lowest BCUT2D eigenvalue weighted by molar-refractivity contribution is -0.118. The summed E-state index contributed by atoms with van der Waals surface area (Å²) in [7, 11) is 0. The molecule has 2 aromatic rings. The number of nitrogens with one attached hydrogen (secondary N) is 1. The number of amides is 1. The number of carbonyl (C=O) groups is 1. The van der Waals surface area contributed by atoms with Gasteiger partial charge in [-0.3, -0.25) is 4.79 Å². The number of hydrogen-bond acceptors (Lipinski definition) is 3. The van der Waals surface area contributed by atoms with Crippen molar-refractivity contribution in [2.24, 2.45) is 0 Å². The van der Waals surface area contributed by atoms with Crippen LogP contribution in [0.5, 0.6) is 5.75 Å². The van der Waals surface area contributed by atoms with E-state index in [2.05, 4.69) is 5.32 Å². The molecular weight excluding hydrogens is 264 g/mol. The highest BCUT2D eigenvalue weighted by Gasteiger charge is 2.20. The second-order valence-corrected chi connectivity index (χ2v) is 5.20. The quantitative estimate of drug-likeness (QED) is 0.886. The molecule has 0 aromatic heterocycles. The topological polar surface area (TPSA) is 52.6 Å². The number of anilines is 1. The van der Waals surface area contributed by atoms with Gasteiger partial charge < -0.3 is 15.3 Å². The van der Waals surface area contributed by atoms with Gasteiger partial charge in [0.2, 0.25) is 5.91 Å². The molecule has 2 aromatic carbocycles. The molecule has 0 unspecified atom stereocenters. The van der Waals surface area contributed by atoms with Crippen molar-refractivity contribution in [3.63, 3.8) is 0 Å². The Bertz CT molecular complexity index is 655. The van der Waals surface area contributed by atoms with Crippen LogP contribution in [0.1, 0.15) is 11.1 Å². The Morgan fingerprint density at radius 3 is 2.90 bits per heavy atom. The molecule has 0 atom stereocenters. The van der Waals surface area contributed by atoms with Gasteiger partial charge in [-0.15, -0.1) is 0 Å². The number of phenolic OH excluding ortho intramolecular Hbond substituents is 1. The van der Waals surface area contributed by atoms with Crippen molar-refractivity contribution in [2.75, 3.05) is 18.0 Å². The zero-order chi connectivity index (χ0) is 14.7. The SMILES string of the molecule is O=C(Cc1cccc(O)c1)N1CCNCc2ccccc21. The summed E-state index contributed by atoms with van der Waals surface area (Å²) in [6.07, 6.45) is 0.294. The zero-order valence-corrected chi connectivity index (χ0v) is 11.7. The maximum absolute atomic E-state index is 12.6. The highest BCUT2D eigenvalue weighted by molar-refractivity contribution is 5.95. The largest absolute Gasteiger partial charge is 0.508 e. The molecule has 0 radical (unpaired) electrons. The van der Waals surface area contributed by atoms with Crippen molar-refractivity contribution in [1.29, 1.82) is 0 Å².